The van der Waals surface area contributed by atoms with Gasteiger partial charge in [-0.15, -0.1) is 0 Å². The Morgan fingerprint density at radius 2 is 2.26 bits per heavy atom. The molecule has 5 nitrogen and oxygen atoms in total. The smallest absolute Gasteiger partial charge is 0.183 e. The van der Waals surface area contributed by atoms with Crippen LogP contribution >= 0.6 is 11.6 Å². The fourth-order valence-corrected chi connectivity index (χ4v) is 3.59. The molecule has 144 valence electrons. The molecule has 1 aliphatic carbocycles. The van der Waals surface area contributed by atoms with Gasteiger partial charge in [-0.3, -0.25) is 9.98 Å². The second-order valence-electron chi connectivity index (χ2n) is 6.72. The van der Waals surface area contributed by atoms with E-state index in [2.05, 4.69) is 27.0 Å². The number of halogens is 3. The van der Waals surface area contributed by atoms with Crippen molar-refractivity contribution in [2.24, 2.45) is 15.7 Å². The van der Waals surface area contributed by atoms with Crippen LogP contribution in [-0.4, -0.2) is 29.6 Å². The van der Waals surface area contributed by atoms with Crippen LogP contribution in [0.25, 0.3) is 10.9 Å². The first kappa shape index (κ1) is 19.5. The van der Waals surface area contributed by atoms with E-state index >= 15 is 0 Å². The maximum absolute atomic E-state index is 14.4. The lowest BCUT2D eigenvalue weighted by molar-refractivity contribution is 0.369. The van der Waals surface area contributed by atoms with E-state index in [1.807, 2.05) is 0 Å². The predicted molar refractivity (Wildman–Crippen MR) is 107 cm³/mol. The number of H-pyrrole nitrogens is 1. The van der Waals surface area contributed by atoms with E-state index in [-0.39, 0.29) is 24.5 Å². The highest BCUT2D eigenvalue weighted by molar-refractivity contribution is 6.31. The number of hydrogen-bond acceptors (Lipinski definition) is 3. The summed E-state index contributed by atoms with van der Waals surface area (Å²) in [6.45, 7) is 3.43. The molecule has 0 unspecified atom stereocenters. The molecule has 2 atom stereocenters. The first-order valence-corrected chi connectivity index (χ1v) is 9.19. The Balaban J connectivity index is 1.85. The standard InChI is InChI=1S/C19H22ClF2N5/c1-24-10-17(22)19(27-14-4-2-3-13(23)7-14)26-9-11-8-25-18-15(11)5-12(20)6-16(18)21/h5-6,8,10,13-14,25H,1-4,7,9,23H2,(H,26,27)/b17-10+/t13-,14+/m1/s1. The van der Waals surface area contributed by atoms with Crippen LogP contribution in [0.1, 0.15) is 31.2 Å². The van der Waals surface area contributed by atoms with E-state index in [1.165, 1.54) is 6.07 Å². The summed E-state index contributed by atoms with van der Waals surface area (Å²) in [5.41, 5.74) is 7.07. The summed E-state index contributed by atoms with van der Waals surface area (Å²) in [6.07, 6.45) is 6.27. The average Bonchev–Trinajstić information content (AvgIpc) is 3.02. The lowest BCUT2D eigenvalue weighted by atomic mass is 9.91. The highest BCUT2D eigenvalue weighted by atomic mass is 35.5. The van der Waals surface area contributed by atoms with Crippen molar-refractivity contribution in [2.45, 2.75) is 44.3 Å². The summed E-state index contributed by atoms with van der Waals surface area (Å²) in [5.74, 6) is -0.948. The summed E-state index contributed by atoms with van der Waals surface area (Å²) < 4.78 is 28.4. The largest absolute Gasteiger partial charge is 0.365 e. The zero-order valence-corrected chi connectivity index (χ0v) is 15.6. The first-order chi connectivity index (χ1) is 13.0. The zero-order chi connectivity index (χ0) is 19.4. The van der Waals surface area contributed by atoms with Crippen LogP contribution < -0.4 is 11.1 Å². The summed E-state index contributed by atoms with van der Waals surface area (Å²) in [7, 11) is 0. The number of benzene rings is 1. The number of aromatic amines is 1. The number of rotatable bonds is 5. The fourth-order valence-electron chi connectivity index (χ4n) is 3.39. The molecule has 0 spiro atoms. The molecule has 1 saturated carbocycles. The summed E-state index contributed by atoms with van der Waals surface area (Å²) in [6, 6.07) is 3.05. The third-order valence-electron chi connectivity index (χ3n) is 4.69. The van der Waals surface area contributed by atoms with Gasteiger partial charge < -0.3 is 16.0 Å². The van der Waals surface area contributed by atoms with Crippen LogP contribution in [-0.2, 0) is 6.54 Å². The van der Waals surface area contributed by atoms with Crippen molar-refractivity contribution >= 4 is 35.1 Å². The van der Waals surface area contributed by atoms with Gasteiger partial charge in [-0.1, -0.05) is 11.6 Å². The molecule has 0 bridgehead atoms. The fraction of sp³-hybridized carbons (Fsp3) is 0.368. The second-order valence-corrected chi connectivity index (χ2v) is 7.15. The van der Waals surface area contributed by atoms with Gasteiger partial charge in [-0.2, -0.15) is 0 Å². The lowest BCUT2D eigenvalue weighted by Crippen LogP contribution is -2.42. The van der Waals surface area contributed by atoms with Gasteiger partial charge in [0.2, 0.25) is 0 Å². The Hall–Kier alpha value is -2.25. The van der Waals surface area contributed by atoms with Crippen molar-refractivity contribution in [3.05, 3.63) is 46.8 Å². The number of nitrogens with two attached hydrogens (primary N) is 1. The molecule has 0 aliphatic heterocycles. The maximum atomic E-state index is 14.4. The minimum atomic E-state index is -0.604. The maximum Gasteiger partial charge on any atom is 0.183 e. The molecular weight excluding hydrogens is 372 g/mol. The predicted octanol–water partition coefficient (Wildman–Crippen LogP) is 4.23. The summed E-state index contributed by atoms with van der Waals surface area (Å²) >= 11 is 5.95. The van der Waals surface area contributed by atoms with Crippen LogP contribution in [0, 0.1) is 5.82 Å². The molecule has 1 aliphatic rings. The van der Waals surface area contributed by atoms with E-state index < -0.39 is 11.6 Å². The topological polar surface area (TPSA) is 78.6 Å². The Morgan fingerprint density at radius 3 is 3.00 bits per heavy atom. The monoisotopic (exact) mass is 393 g/mol. The molecule has 0 saturated heterocycles. The van der Waals surface area contributed by atoms with Gasteiger partial charge in [0.05, 0.1) is 18.3 Å². The molecule has 1 aromatic heterocycles. The van der Waals surface area contributed by atoms with E-state index in [4.69, 9.17) is 17.3 Å². The number of hydrogen-bond donors (Lipinski definition) is 3. The minimum Gasteiger partial charge on any atom is -0.365 e. The second kappa shape index (κ2) is 8.63. The van der Waals surface area contributed by atoms with Crippen molar-refractivity contribution in [1.29, 1.82) is 0 Å². The van der Waals surface area contributed by atoms with Crippen LogP contribution in [0.3, 0.4) is 0 Å². The number of fused-ring (bicyclic) bond motifs is 1. The van der Waals surface area contributed by atoms with E-state index in [0.717, 1.165) is 31.9 Å². The molecular formula is C19H22ClF2N5. The van der Waals surface area contributed by atoms with E-state index in [0.29, 0.717) is 21.5 Å². The molecule has 2 aromatic rings. The number of aromatic nitrogens is 1. The van der Waals surface area contributed by atoms with Crippen molar-refractivity contribution in [1.82, 2.24) is 10.3 Å². The first-order valence-electron chi connectivity index (χ1n) is 8.81. The van der Waals surface area contributed by atoms with E-state index in [1.54, 1.807) is 12.3 Å². The molecule has 3 rings (SSSR count). The van der Waals surface area contributed by atoms with E-state index in [9.17, 15) is 8.78 Å². The summed E-state index contributed by atoms with van der Waals surface area (Å²) in [4.78, 5) is 10.7. The van der Waals surface area contributed by atoms with Crippen molar-refractivity contribution in [3.8, 4) is 0 Å². The van der Waals surface area contributed by atoms with Gasteiger partial charge in [0.1, 0.15) is 5.82 Å². The third-order valence-corrected chi connectivity index (χ3v) is 4.90. The third kappa shape index (κ3) is 4.73. The van der Waals surface area contributed by atoms with Gasteiger partial charge in [0.15, 0.2) is 11.7 Å². The number of nitrogens with one attached hydrogen (secondary N) is 2. The Labute approximate surface area is 161 Å². The molecule has 27 heavy (non-hydrogen) atoms. The highest BCUT2D eigenvalue weighted by Crippen LogP contribution is 2.26. The summed E-state index contributed by atoms with van der Waals surface area (Å²) in [5, 5.41) is 4.05. The molecule has 8 heteroatoms. The molecule has 4 N–H and O–H groups in total. The van der Waals surface area contributed by atoms with Crippen LogP contribution in [0.4, 0.5) is 8.78 Å². The number of amidine groups is 1. The average molecular weight is 394 g/mol. The van der Waals surface area contributed by atoms with Crippen molar-refractivity contribution in [2.75, 3.05) is 0 Å². The molecule has 0 amide bonds. The lowest BCUT2D eigenvalue weighted by Gasteiger charge is -2.28. The van der Waals surface area contributed by atoms with Gasteiger partial charge >= 0.3 is 0 Å². The van der Waals surface area contributed by atoms with Gasteiger partial charge in [-0.05, 0) is 50.1 Å². The Kier molecular flexibility index (Phi) is 6.23. The highest BCUT2D eigenvalue weighted by Gasteiger charge is 2.21. The number of aliphatic imine (C=N–C) groups is 2. The van der Waals surface area contributed by atoms with Crippen LogP contribution in [0.5, 0.6) is 0 Å². The minimum absolute atomic E-state index is 0.0475. The molecule has 1 heterocycles. The zero-order valence-electron chi connectivity index (χ0n) is 14.8. The Bertz CT molecular complexity index is 890. The van der Waals surface area contributed by atoms with Crippen LogP contribution in [0.2, 0.25) is 5.02 Å². The van der Waals surface area contributed by atoms with Gasteiger partial charge in [-0.25, -0.2) is 8.78 Å². The van der Waals surface area contributed by atoms with Crippen molar-refractivity contribution in [3.63, 3.8) is 0 Å². The SMILES string of the molecule is C=N/C=C(/F)C(=NCc1c[nH]c2c(F)cc(Cl)cc12)N[C@H]1CCC[C@@H](N)C1. The quantitative estimate of drug-likeness (QED) is 0.525. The molecule has 1 fully saturated rings. The van der Waals surface area contributed by atoms with Crippen molar-refractivity contribution < 1.29 is 8.78 Å². The number of nitrogens with zero attached hydrogens (tertiary/aromatic N) is 2. The molecule has 0 radical (unpaired) electrons. The normalized spacial score (nSPS) is 21.5. The Morgan fingerprint density at radius 1 is 1.44 bits per heavy atom. The molecule has 1 aromatic carbocycles. The van der Waals surface area contributed by atoms with Crippen LogP contribution in [0.15, 0.2) is 40.3 Å². The van der Waals surface area contributed by atoms with Gasteiger partial charge in [0.25, 0.3) is 0 Å². The van der Waals surface area contributed by atoms with Gasteiger partial charge in [0, 0.05) is 28.7 Å².